The third-order valence-electron chi connectivity index (χ3n) is 10.0. The van der Waals surface area contributed by atoms with Crippen molar-refractivity contribution < 1.29 is 0 Å². The zero-order valence-corrected chi connectivity index (χ0v) is 25.4. The van der Waals surface area contributed by atoms with E-state index in [9.17, 15) is 0 Å². The highest BCUT2D eigenvalue weighted by molar-refractivity contribution is 6.06. The maximum Gasteiger partial charge on any atom is 0.0886 e. The monoisotopic (exact) mass is 597 g/mol. The van der Waals surface area contributed by atoms with Gasteiger partial charge >= 0.3 is 0 Å². The minimum absolute atomic E-state index is 0.433. The lowest BCUT2D eigenvalue weighted by Crippen LogP contribution is -2.26. The standard InChI is InChI=1S/C44H27N3/c1-5-15-35-31(11-1)32-12-2-6-16-36(32)44(35)37-17-7-3-13-33(37)41-42(44)34-14-4-8-18-38(34)47-43(41)29-22-20-28(21-23-29)30-24-25-40(46-27-30)39-19-9-10-26-45-39/h1-27H. The summed E-state index contributed by atoms with van der Waals surface area (Å²) < 4.78 is 0. The molecule has 2 aliphatic rings. The van der Waals surface area contributed by atoms with Crippen LogP contribution in [0.2, 0.25) is 0 Å². The van der Waals surface area contributed by atoms with Gasteiger partial charge in [-0.1, -0.05) is 127 Å². The Hall–Kier alpha value is -6.19. The van der Waals surface area contributed by atoms with E-state index >= 15 is 0 Å². The van der Waals surface area contributed by atoms with E-state index in [0.29, 0.717) is 0 Å². The molecule has 0 radical (unpaired) electrons. The Bertz CT molecular complexity index is 2450. The van der Waals surface area contributed by atoms with Gasteiger partial charge in [0.1, 0.15) is 0 Å². The smallest absolute Gasteiger partial charge is 0.0886 e. The van der Waals surface area contributed by atoms with E-state index in [1.54, 1.807) is 6.20 Å². The van der Waals surface area contributed by atoms with Crippen LogP contribution in [-0.4, -0.2) is 15.0 Å². The summed E-state index contributed by atoms with van der Waals surface area (Å²) in [4.78, 5) is 14.6. The largest absolute Gasteiger partial charge is 0.255 e. The lowest BCUT2D eigenvalue weighted by Gasteiger charge is -2.31. The quantitative estimate of drug-likeness (QED) is 0.203. The highest BCUT2D eigenvalue weighted by atomic mass is 14.8. The van der Waals surface area contributed by atoms with Crippen LogP contribution in [0.5, 0.6) is 0 Å². The van der Waals surface area contributed by atoms with E-state index in [2.05, 4.69) is 132 Å². The molecule has 0 bridgehead atoms. The number of benzene rings is 5. The van der Waals surface area contributed by atoms with Crippen molar-refractivity contribution in [3.05, 3.63) is 186 Å². The maximum absolute atomic E-state index is 5.41. The van der Waals surface area contributed by atoms with Crippen molar-refractivity contribution in [1.29, 1.82) is 0 Å². The number of pyridine rings is 3. The first-order valence-electron chi connectivity index (χ1n) is 16.0. The SMILES string of the molecule is c1ccc(-c2ccc(-c3ccc(-c4nc5ccccc5c5c4-c4ccccc4C54c5ccccc5-c5ccccc54)cc3)cn2)nc1. The number of aromatic nitrogens is 3. The lowest BCUT2D eigenvalue weighted by molar-refractivity contribution is 0.801. The molecule has 0 N–H and O–H groups in total. The number of nitrogens with zero attached hydrogens (tertiary/aromatic N) is 3. The third kappa shape index (κ3) is 3.60. The average Bonchev–Trinajstić information content (AvgIpc) is 3.63. The fourth-order valence-electron chi connectivity index (χ4n) is 8.08. The molecule has 0 aliphatic heterocycles. The van der Waals surface area contributed by atoms with Gasteiger partial charge in [0.25, 0.3) is 0 Å². The van der Waals surface area contributed by atoms with Gasteiger partial charge in [0.05, 0.1) is 28.0 Å². The second kappa shape index (κ2) is 9.90. The van der Waals surface area contributed by atoms with Crippen LogP contribution in [-0.2, 0) is 5.41 Å². The predicted octanol–water partition coefficient (Wildman–Crippen LogP) is 10.4. The molecule has 5 aromatic carbocycles. The van der Waals surface area contributed by atoms with E-state index in [1.165, 1.54) is 49.9 Å². The van der Waals surface area contributed by atoms with Crippen LogP contribution in [0.3, 0.4) is 0 Å². The summed E-state index contributed by atoms with van der Waals surface area (Å²) in [5.74, 6) is 0. The molecule has 3 aromatic heterocycles. The summed E-state index contributed by atoms with van der Waals surface area (Å²) in [6.45, 7) is 0. The Morgan fingerprint density at radius 3 is 1.68 bits per heavy atom. The normalized spacial score (nSPS) is 13.3. The Balaban J connectivity index is 1.20. The molecule has 8 aromatic rings. The van der Waals surface area contributed by atoms with E-state index in [-0.39, 0.29) is 0 Å². The Morgan fingerprint density at radius 1 is 0.426 bits per heavy atom. The summed E-state index contributed by atoms with van der Waals surface area (Å²) in [7, 11) is 0. The van der Waals surface area contributed by atoms with E-state index < -0.39 is 5.41 Å². The first kappa shape index (κ1) is 26.1. The first-order valence-corrected chi connectivity index (χ1v) is 16.0. The zero-order valence-electron chi connectivity index (χ0n) is 25.4. The van der Waals surface area contributed by atoms with Crippen LogP contribution >= 0.6 is 0 Å². The minimum Gasteiger partial charge on any atom is -0.255 e. The van der Waals surface area contributed by atoms with Gasteiger partial charge in [0.15, 0.2) is 0 Å². The molecule has 0 unspecified atom stereocenters. The van der Waals surface area contributed by atoms with E-state index in [4.69, 9.17) is 9.97 Å². The molecule has 3 heteroatoms. The van der Waals surface area contributed by atoms with Crippen LogP contribution in [0.1, 0.15) is 22.3 Å². The van der Waals surface area contributed by atoms with Gasteiger partial charge in [-0.05, 0) is 68.8 Å². The van der Waals surface area contributed by atoms with Gasteiger partial charge < -0.3 is 0 Å². The molecule has 0 amide bonds. The van der Waals surface area contributed by atoms with Gasteiger partial charge in [-0.3, -0.25) is 9.97 Å². The number of rotatable bonds is 3. The molecular weight excluding hydrogens is 571 g/mol. The average molecular weight is 598 g/mol. The molecule has 0 saturated heterocycles. The van der Waals surface area contributed by atoms with Crippen LogP contribution in [0.4, 0.5) is 0 Å². The van der Waals surface area contributed by atoms with Crippen molar-refractivity contribution in [2.45, 2.75) is 5.41 Å². The molecule has 0 fully saturated rings. The summed E-state index contributed by atoms with van der Waals surface area (Å²) in [5.41, 5.74) is 17.0. The lowest BCUT2D eigenvalue weighted by atomic mass is 9.69. The second-order valence-corrected chi connectivity index (χ2v) is 12.3. The number of hydrogen-bond acceptors (Lipinski definition) is 3. The van der Waals surface area contributed by atoms with E-state index in [0.717, 1.165) is 39.3 Å². The van der Waals surface area contributed by atoms with Gasteiger partial charge in [0, 0.05) is 34.5 Å². The van der Waals surface area contributed by atoms with Crippen LogP contribution in [0.15, 0.2) is 164 Å². The van der Waals surface area contributed by atoms with Gasteiger partial charge in [-0.15, -0.1) is 0 Å². The Kier molecular flexibility index (Phi) is 5.49. The highest BCUT2D eigenvalue weighted by Gasteiger charge is 2.53. The number of fused-ring (bicyclic) bond motifs is 12. The van der Waals surface area contributed by atoms with Gasteiger partial charge in [-0.25, -0.2) is 4.98 Å². The van der Waals surface area contributed by atoms with Crippen molar-refractivity contribution in [2.24, 2.45) is 0 Å². The fraction of sp³-hybridized carbons (Fsp3) is 0.0227. The van der Waals surface area contributed by atoms with Crippen LogP contribution in [0, 0.1) is 0 Å². The van der Waals surface area contributed by atoms with Crippen LogP contribution in [0.25, 0.3) is 66.9 Å². The molecule has 1 spiro atoms. The molecular formula is C44H27N3. The third-order valence-corrected chi connectivity index (χ3v) is 10.0. The van der Waals surface area contributed by atoms with E-state index in [1.807, 2.05) is 30.5 Å². The molecule has 218 valence electrons. The van der Waals surface area contributed by atoms with Crippen molar-refractivity contribution in [2.75, 3.05) is 0 Å². The van der Waals surface area contributed by atoms with Crippen molar-refractivity contribution in [3.63, 3.8) is 0 Å². The maximum atomic E-state index is 5.41. The highest BCUT2D eigenvalue weighted by Crippen LogP contribution is 2.65. The Labute approximate surface area is 272 Å². The molecule has 3 heterocycles. The van der Waals surface area contributed by atoms with Crippen molar-refractivity contribution >= 4 is 10.9 Å². The van der Waals surface area contributed by atoms with Gasteiger partial charge in [0.2, 0.25) is 0 Å². The summed E-state index contributed by atoms with van der Waals surface area (Å²) in [6.07, 6.45) is 3.73. The molecule has 0 saturated carbocycles. The molecule has 3 nitrogen and oxygen atoms in total. The fourth-order valence-corrected chi connectivity index (χ4v) is 8.08. The second-order valence-electron chi connectivity index (χ2n) is 12.3. The van der Waals surface area contributed by atoms with Crippen molar-refractivity contribution in [1.82, 2.24) is 15.0 Å². The molecule has 47 heavy (non-hydrogen) atoms. The molecule has 10 rings (SSSR count). The van der Waals surface area contributed by atoms with Gasteiger partial charge in [-0.2, -0.15) is 0 Å². The summed E-state index contributed by atoms with van der Waals surface area (Å²) in [5, 5.41) is 1.20. The number of hydrogen-bond donors (Lipinski definition) is 0. The topological polar surface area (TPSA) is 38.7 Å². The molecule has 2 aliphatic carbocycles. The number of para-hydroxylation sites is 1. The summed E-state index contributed by atoms with van der Waals surface area (Å²) >= 11 is 0. The Morgan fingerprint density at radius 2 is 1.00 bits per heavy atom. The summed E-state index contributed by atoms with van der Waals surface area (Å²) in [6, 6.07) is 54.4. The van der Waals surface area contributed by atoms with Crippen LogP contribution < -0.4 is 0 Å². The predicted molar refractivity (Wildman–Crippen MR) is 190 cm³/mol. The zero-order chi connectivity index (χ0) is 31.0. The first-order chi connectivity index (χ1) is 23.3. The minimum atomic E-state index is -0.433. The van der Waals surface area contributed by atoms with Crippen molar-refractivity contribution in [3.8, 4) is 56.0 Å². The molecule has 0 atom stereocenters.